The first-order valence-corrected chi connectivity index (χ1v) is 7.12. The smallest absolute Gasteiger partial charge is 0.346 e. The van der Waals surface area contributed by atoms with Gasteiger partial charge in [0.2, 0.25) is 11.8 Å². The number of amides is 1. The number of carboxylic acids is 1. The number of alkyl halides is 2. The quantitative estimate of drug-likeness (QED) is 0.898. The number of nitrogens with one attached hydrogen (secondary N) is 1. The monoisotopic (exact) mass is 303 g/mol. The van der Waals surface area contributed by atoms with Crippen molar-refractivity contribution >= 4 is 28.2 Å². The van der Waals surface area contributed by atoms with Gasteiger partial charge >= 0.3 is 5.97 Å². The Balaban J connectivity index is 1.98. The van der Waals surface area contributed by atoms with Gasteiger partial charge in [0.25, 0.3) is 0 Å². The molecule has 20 heavy (non-hydrogen) atoms. The van der Waals surface area contributed by atoms with Crippen LogP contribution in [0.2, 0.25) is 0 Å². The van der Waals surface area contributed by atoms with Crippen molar-refractivity contribution in [2.45, 2.75) is 38.5 Å². The summed E-state index contributed by atoms with van der Waals surface area (Å²) in [6, 6.07) is 1.59. The largest absolute Gasteiger partial charge is 0.477 e. The van der Waals surface area contributed by atoms with Crippen LogP contribution in [0.1, 0.15) is 40.9 Å². The Morgan fingerprint density at radius 3 is 2.50 bits per heavy atom. The van der Waals surface area contributed by atoms with E-state index < -0.39 is 17.8 Å². The summed E-state index contributed by atoms with van der Waals surface area (Å²) in [7, 11) is 0. The van der Waals surface area contributed by atoms with Crippen LogP contribution in [0.5, 0.6) is 0 Å². The van der Waals surface area contributed by atoms with E-state index >= 15 is 0 Å². The summed E-state index contributed by atoms with van der Waals surface area (Å²) in [5.41, 5.74) is 0.577. The van der Waals surface area contributed by atoms with Crippen LogP contribution < -0.4 is 5.32 Å². The second-order valence-electron chi connectivity index (χ2n) is 5.05. The maximum Gasteiger partial charge on any atom is 0.346 e. The summed E-state index contributed by atoms with van der Waals surface area (Å²) < 4.78 is 26.0. The molecule has 0 bridgehead atoms. The normalized spacial score (nSPS) is 18.8. The molecule has 0 atom stereocenters. The third-order valence-corrected chi connectivity index (χ3v) is 4.59. The number of hydrogen-bond donors (Lipinski definition) is 2. The number of carbonyl (C=O) groups is 2. The predicted molar refractivity (Wildman–Crippen MR) is 71.6 cm³/mol. The highest BCUT2D eigenvalue weighted by Gasteiger charge is 2.37. The molecule has 1 fully saturated rings. The summed E-state index contributed by atoms with van der Waals surface area (Å²) in [5.74, 6) is -4.43. The molecule has 1 aromatic rings. The van der Waals surface area contributed by atoms with Gasteiger partial charge in [-0.05, 0) is 31.4 Å². The zero-order valence-corrected chi connectivity index (χ0v) is 11.7. The fourth-order valence-electron chi connectivity index (χ4n) is 2.28. The lowest BCUT2D eigenvalue weighted by molar-refractivity contribution is -0.123. The van der Waals surface area contributed by atoms with E-state index in [1.807, 2.05) is 0 Å². The number of thiophene rings is 1. The van der Waals surface area contributed by atoms with E-state index in [-0.39, 0.29) is 36.5 Å². The van der Waals surface area contributed by atoms with Crippen molar-refractivity contribution < 1.29 is 23.5 Å². The van der Waals surface area contributed by atoms with Gasteiger partial charge in [0, 0.05) is 18.8 Å². The minimum Gasteiger partial charge on any atom is -0.477 e. The van der Waals surface area contributed by atoms with Crippen molar-refractivity contribution in [2.24, 2.45) is 5.92 Å². The van der Waals surface area contributed by atoms with Gasteiger partial charge in [-0.1, -0.05) is 0 Å². The first-order chi connectivity index (χ1) is 9.28. The van der Waals surface area contributed by atoms with Crippen LogP contribution in [0.3, 0.4) is 0 Å². The van der Waals surface area contributed by atoms with E-state index in [1.165, 1.54) is 0 Å². The van der Waals surface area contributed by atoms with Gasteiger partial charge in [-0.3, -0.25) is 4.79 Å². The molecule has 0 saturated heterocycles. The summed E-state index contributed by atoms with van der Waals surface area (Å²) in [6.07, 6.45) is -0.214. The summed E-state index contributed by atoms with van der Waals surface area (Å²) in [4.78, 5) is 23.1. The molecule has 7 heteroatoms. The van der Waals surface area contributed by atoms with Crippen LogP contribution in [0.25, 0.3) is 0 Å². The number of carbonyl (C=O) groups excluding carboxylic acids is 1. The number of anilines is 1. The first-order valence-electron chi connectivity index (χ1n) is 6.31. The second-order valence-corrected chi connectivity index (χ2v) is 6.10. The van der Waals surface area contributed by atoms with Crippen molar-refractivity contribution in [1.29, 1.82) is 0 Å². The molecule has 2 rings (SSSR count). The second kappa shape index (κ2) is 5.47. The lowest BCUT2D eigenvalue weighted by Crippen LogP contribution is -2.31. The maximum absolute atomic E-state index is 13.0. The van der Waals surface area contributed by atoms with Crippen molar-refractivity contribution in [2.75, 3.05) is 5.32 Å². The molecule has 1 heterocycles. The van der Waals surface area contributed by atoms with Gasteiger partial charge in [0.05, 0.1) is 5.00 Å². The fourth-order valence-corrected chi connectivity index (χ4v) is 3.20. The van der Waals surface area contributed by atoms with Crippen molar-refractivity contribution in [3.8, 4) is 0 Å². The molecule has 1 aromatic heterocycles. The Hall–Kier alpha value is -1.50. The molecule has 1 aliphatic carbocycles. The Morgan fingerprint density at radius 2 is 2.00 bits per heavy atom. The Labute approximate surface area is 118 Å². The molecule has 0 aliphatic heterocycles. The molecule has 1 aliphatic rings. The molecule has 0 radical (unpaired) electrons. The molecule has 2 N–H and O–H groups in total. The lowest BCUT2D eigenvalue weighted by atomic mass is 9.86. The molecule has 1 saturated carbocycles. The molecule has 110 valence electrons. The minimum absolute atomic E-state index is 0.162. The summed E-state index contributed by atoms with van der Waals surface area (Å²) >= 11 is 0.980. The van der Waals surface area contributed by atoms with Crippen molar-refractivity contribution in [1.82, 2.24) is 0 Å². The zero-order chi connectivity index (χ0) is 14.9. The standard InChI is InChI=1S/C13H15F2NO3S/c1-7-6-9(20-10(7)12(18)19)16-11(17)8-2-4-13(14,15)5-3-8/h6,8H,2-5H2,1H3,(H,16,17)(H,18,19). The lowest BCUT2D eigenvalue weighted by Gasteiger charge is -2.27. The molecule has 0 spiro atoms. The summed E-state index contributed by atoms with van der Waals surface area (Å²) in [6.45, 7) is 1.65. The van der Waals surface area contributed by atoms with Crippen LogP contribution in [0.4, 0.5) is 13.8 Å². The number of aryl methyl sites for hydroxylation is 1. The van der Waals surface area contributed by atoms with Gasteiger partial charge in [0.1, 0.15) is 4.88 Å². The van der Waals surface area contributed by atoms with Gasteiger partial charge in [0.15, 0.2) is 0 Å². The van der Waals surface area contributed by atoms with Crippen LogP contribution in [-0.2, 0) is 4.79 Å². The zero-order valence-electron chi connectivity index (χ0n) is 10.9. The van der Waals surface area contributed by atoms with Crippen LogP contribution in [0, 0.1) is 12.8 Å². The first kappa shape index (κ1) is 14.9. The topological polar surface area (TPSA) is 66.4 Å². The number of aromatic carboxylic acids is 1. The SMILES string of the molecule is Cc1cc(NC(=O)C2CCC(F)(F)CC2)sc1C(=O)O. The van der Waals surface area contributed by atoms with Crippen molar-refractivity contribution in [3.05, 3.63) is 16.5 Å². The Morgan fingerprint density at radius 1 is 1.40 bits per heavy atom. The third-order valence-electron chi connectivity index (χ3n) is 3.45. The number of rotatable bonds is 3. The highest BCUT2D eigenvalue weighted by Crippen LogP contribution is 2.37. The van der Waals surface area contributed by atoms with E-state index in [1.54, 1.807) is 13.0 Å². The number of halogens is 2. The Kier molecular flexibility index (Phi) is 4.08. The van der Waals surface area contributed by atoms with Gasteiger partial charge in [-0.25, -0.2) is 13.6 Å². The molecular formula is C13H15F2NO3S. The average Bonchev–Trinajstić information content (AvgIpc) is 2.70. The molecule has 1 amide bonds. The van der Waals surface area contributed by atoms with E-state index in [4.69, 9.17) is 5.11 Å². The highest BCUT2D eigenvalue weighted by molar-refractivity contribution is 7.18. The molecule has 0 aromatic carbocycles. The van der Waals surface area contributed by atoms with Crippen LogP contribution >= 0.6 is 11.3 Å². The molecule has 0 unspecified atom stereocenters. The molecular weight excluding hydrogens is 288 g/mol. The number of carboxylic acid groups (broad SMARTS) is 1. The average molecular weight is 303 g/mol. The third kappa shape index (κ3) is 3.33. The van der Waals surface area contributed by atoms with Crippen molar-refractivity contribution in [3.63, 3.8) is 0 Å². The fraction of sp³-hybridized carbons (Fsp3) is 0.538. The van der Waals surface area contributed by atoms with E-state index in [0.29, 0.717) is 10.6 Å². The highest BCUT2D eigenvalue weighted by atomic mass is 32.1. The van der Waals surface area contributed by atoms with Gasteiger partial charge in [-0.2, -0.15) is 0 Å². The number of hydrogen-bond acceptors (Lipinski definition) is 3. The maximum atomic E-state index is 13.0. The van der Waals surface area contributed by atoms with Crippen LogP contribution in [-0.4, -0.2) is 22.9 Å². The predicted octanol–water partition coefficient (Wildman–Crippen LogP) is 3.52. The Bertz CT molecular complexity index is 532. The molecule has 4 nitrogen and oxygen atoms in total. The van der Waals surface area contributed by atoms with E-state index in [0.717, 1.165) is 11.3 Å². The summed E-state index contributed by atoms with van der Waals surface area (Å²) in [5, 5.41) is 12.0. The van der Waals surface area contributed by atoms with Gasteiger partial charge < -0.3 is 10.4 Å². The van der Waals surface area contributed by atoms with Gasteiger partial charge in [-0.15, -0.1) is 11.3 Å². The van der Waals surface area contributed by atoms with E-state index in [2.05, 4.69) is 5.32 Å². The van der Waals surface area contributed by atoms with Crippen LogP contribution in [0.15, 0.2) is 6.07 Å². The van der Waals surface area contributed by atoms with E-state index in [9.17, 15) is 18.4 Å². The minimum atomic E-state index is -2.66.